The fourth-order valence-electron chi connectivity index (χ4n) is 1.74. The third kappa shape index (κ3) is 5.66. The Morgan fingerprint density at radius 3 is 1.07 bits per heavy atom. The molecule has 0 aromatic carbocycles. The highest BCUT2D eigenvalue weighted by Gasteiger charge is 2.54. The lowest BCUT2D eigenvalue weighted by atomic mass is 10.3. The van der Waals surface area contributed by atoms with Crippen molar-refractivity contribution in [2.24, 2.45) is 11.8 Å². The molecular formula is C12H18O16S. The van der Waals surface area contributed by atoms with Crippen molar-refractivity contribution in [1.29, 1.82) is 0 Å². The van der Waals surface area contributed by atoms with E-state index in [-0.39, 0.29) is 11.8 Å². The molecule has 2 aliphatic rings. The molecule has 0 aromatic heterocycles. The van der Waals surface area contributed by atoms with E-state index >= 15 is 0 Å². The minimum atomic E-state index is -2.56. The molecule has 0 heterocycles. The van der Waals surface area contributed by atoms with Gasteiger partial charge in [-0.25, -0.2) is 31.5 Å². The van der Waals surface area contributed by atoms with Crippen molar-refractivity contribution in [1.82, 2.24) is 0 Å². The maximum Gasteiger partial charge on any atom is 0.374 e. The van der Waals surface area contributed by atoms with Gasteiger partial charge in [0, 0.05) is 13.8 Å². The largest absolute Gasteiger partial charge is 0.374 e. The molecule has 2 atom stereocenters. The van der Waals surface area contributed by atoms with E-state index in [1.54, 1.807) is 0 Å². The van der Waals surface area contributed by atoms with E-state index < -0.39 is 34.0 Å². The molecular weight excluding hydrogens is 432 g/mol. The smallest absolute Gasteiger partial charge is 0.248 e. The van der Waals surface area contributed by atoms with Crippen LogP contribution in [0.1, 0.15) is 13.8 Å². The van der Waals surface area contributed by atoms with E-state index in [1.165, 1.54) is 24.3 Å². The van der Waals surface area contributed by atoms with Gasteiger partial charge in [-0.05, 0) is 11.8 Å². The zero-order valence-corrected chi connectivity index (χ0v) is 15.5. The highest BCUT2D eigenvalue weighted by Crippen LogP contribution is 2.44. The van der Waals surface area contributed by atoms with Crippen LogP contribution in [-0.4, -0.2) is 53.7 Å². The third-order valence-corrected chi connectivity index (χ3v) is 4.44. The summed E-state index contributed by atoms with van der Waals surface area (Å²) in [5.74, 6) is -6.87. The fraction of sp³-hybridized carbons (Fsp3) is 0.667. The molecule has 0 saturated heterocycles. The molecule has 0 aromatic rings. The Morgan fingerprint density at radius 2 is 0.862 bits per heavy atom. The molecule has 6 N–H and O–H groups in total. The van der Waals surface area contributed by atoms with Gasteiger partial charge in [0.05, 0.1) is 11.8 Å². The molecule has 0 radical (unpaired) electrons. The van der Waals surface area contributed by atoms with E-state index in [0.717, 1.165) is 13.8 Å². The van der Waals surface area contributed by atoms with Crippen LogP contribution in [0.15, 0.2) is 24.3 Å². The number of hydrogen-bond acceptors (Lipinski definition) is 17. The Morgan fingerprint density at radius 1 is 0.552 bits per heavy atom. The molecule has 16 nitrogen and oxygen atoms in total. The summed E-state index contributed by atoms with van der Waals surface area (Å²) >= 11 is 0.154. The zero-order chi connectivity index (χ0) is 21.8. The van der Waals surface area contributed by atoms with E-state index in [1.807, 2.05) is 0 Å². The van der Waals surface area contributed by atoms with Crippen LogP contribution in [0.25, 0.3) is 0 Å². The van der Waals surface area contributed by atoms with Gasteiger partial charge in [-0.2, -0.15) is 48.9 Å². The molecule has 29 heavy (non-hydrogen) atoms. The second-order valence-electron chi connectivity index (χ2n) is 5.74. The number of rotatable bonds is 16. The van der Waals surface area contributed by atoms with Gasteiger partial charge < -0.3 is 0 Å². The maximum atomic E-state index is 9.14. The van der Waals surface area contributed by atoms with Crippen LogP contribution in [0.2, 0.25) is 0 Å². The lowest BCUT2D eigenvalue weighted by Gasteiger charge is -2.35. The van der Waals surface area contributed by atoms with Crippen LogP contribution < -0.4 is 0 Å². The average molecular weight is 450 g/mol. The molecule has 2 unspecified atom stereocenters. The Labute approximate surface area is 165 Å². The minimum absolute atomic E-state index is 0.154. The Bertz CT molecular complexity index is 530. The van der Waals surface area contributed by atoms with Crippen LogP contribution in [0.4, 0.5) is 0 Å². The van der Waals surface area contributed by atoms with Crippen molar-refractivity contribution in [2.45, 2.75) is 36.0 Å². The predicted molar refractivity (Wildman–Crippen MR) is 81.7 cm³/mol. The molecule has 2 rings (SSSR count). The van der Waals surface area contributed by atoms with Crippen LogP contribution in [0.3, 0.4) is 0 Å². The first-order valence-electron chi connectivity index (χ1n) is 7.46. The second-order valence-corrected chi connectivity index (χ2v) is 7.42. The second kappa shape index (κ2) is 9.55. The van der Waals surface area contributed by atoms with Gasteiger partial charge in [0.25, 0.3) is 10.2 Å². The molecule has 0 bridgehead atoms. The third-order valence-electron chi connectivity index (χ3n) is 3.42. The van der Waals surface area contributed by atoms with Crippen LogP contribution in [0.5, 0.6) is 0 Å². The SMILES string of the molecule is CC(OO)(OOC(OO)(OO)C1C=C1)SC(C)(OO)OOC(OO)(OO)C1C=C1. The quantitative estimate of drug-likeness (QED) is 0.0851. The Kier molecular flexibility index (Phi) is 8.06. The first-order valence-corrected chi connectivity index (χ1v) is 8.27. The summed E-state index contributed by atoms with van der Waals surface area (Å²) in [6, 6.07) is 0. The van der Waals surface area contributed by atoms with Crippen LogP contribution in [0, 0.1) is 11.8 Å². The summed E-state index contributed by atoms with van der Waals surface area (Å²) < 4.78 is 0. The maximum absolute atomic E-state index is 9.14. The average Bonchev–Trinajstić information content (AvgIpc) is 3.63. The van der Waals surface area contributed by atoms with Crippen molar-refractivity contribution >= 4 is 11.8 Å². The first-order chi connectivity index (χ1) is 13.7. The van der Waals surface area contributed by atoms with Gasteiger partial charge in [-0.1, -0.05) is 24.3 Å². The van der Waals surface area contributed by atoms with Crippen molar-refractivity contribution < 1.29 is 80.4 Å². The zero-order valence-electron chi connectivity index (χ0n) is 14.6. The van der Waals surface area contributed by atoms with Gasteiger partial charge >= 0.3 is 11.9 Å². The molecule has 0 amide bonds. The number of thioether (sulfide) groups is 1. The van der Waals surface area contributed by atoms with Gasteiger partial charge in [-0.3, -0.25) is 0 Å². The monoisotopic (exact) mass is 450 g/mol. The summed E-state index contributed by atoms with van der Waals surface area (Å²) in [7, 11) is 0. The van der Waals surface area contributed by atoms with E-state index in [2.05, 4.69) is 39.1 Å². The van der Waals surface area contributed by atoms with Crippen molar-refractivity contribution in [2.75, 3.05) is 0 Å². The van der Waals surface area contributed by atoms with Crippen molar-refractivity contribution in [3.63, 3.8) is 0 Å². The Hall–Kier alpha value is -0.810. The summed E-state index contributed by atoms with van der Waals surface area (Å²) in [5, 5.41) is 49.1. The molecule has 17 heteroatoms. The Balaban J connectivity index is 2.02. The summed E-state index contributed by atoms with van der Waals surface area (Å²) in [5.41, 5.74) is 0. The molecule has 0 saturated carbocycles. The predicted octanol–water partition coefficient (Wildman–Crippen LogP) is 1.58. The van der Waals surface area contributed by atoms with Gasteiger partial charge in [-0.15, -0.1) is 0 Å². The summed E-state index contributed by atoms with van der Waals surface area (Å²) in [6.07, 6.45) is 5.53. The van der Waals surface area contributed by atoms with Gasteiger partial charge in [0.2, 0.25) is 0 Å². The number of hydrogen-bond donors (Lipinski definition) is 6. The summed E-state index contributed by atoms with van der Waals surface area (Å²) in [4.78, 5) is 42.6. The molecule has 0 aliphatic heterocycles. The standard InChI is InChI=1S/C12H18O16S/c1-9(19-13,25-27-11(21-15,22-16)7-3-4-7)29-10(2,20-14)26-28-12(23-17,24-18)8-5-6-8/h3-8,13-18H,1-2H3. The topological polar surface area (TPSA) is 214 Å². The lowest BCUT2D eigenvalue weighted by molar-refractivity contribution is -0.648. The first kappa shape index (κ1) is 24.5. The minimum Gasteiger partial charge on any atom is -0.248 e. The van der Waals surface area contributed by atoms with Gasteiger partial charge in [0.1, 0.15) is 0 Å². The van der Waals surface area contributed by atoms with Crippen molar-refractivity contribution in [3.05, 3.63) is 24.3 Å². The normalized spacial score (nSPS) is 21.2. The molecule has 0 fully saturated rings. The van der Waals surface area contributed by atoms with Crippen LogP contribution >= 0.6 is 11.8 Å². The fourth-order valence-corrected chi connectivity index (χ4v) is 2.62. The van der Waals surface area contributed by atoms with E-state index in [4.69, 9.17) is 41.3 Å². The highest BCUT2D eigenvalue weighted by molar-refractivity contribution is 8.01. The molecule has 168 valence electrons. The van der Waals surface area contributed by atoms with Crippen molar-refractivity contribution in [3.8, 4) is 0 Å². The summed E-state index contributed by atoms with van der Waals surface area (Å²) in [6.45, 7) is 1.97. The lowest BCUT2D eigenvalue weighted by Crippen LogP contribution is -2.47. The van der Waals surface area contributed by atoms with Crippen LogP contribution in [-0.2, 0) is 48.9 Å². The molecule has 0 spiro atoms. The van der Waals surface area contributed by atoms with Gasteiger partial charge in [0.15, 0.2) is 0 Å². The van der Waals surface area contributed by atoms with E-state index in [0.29, 0.717) is 0 Å². The highest BCUT2D eigenvalue weighted by atomic mass is 32.2. The van der Waals surface area contributed by atoms with E-state index in [9.17, 15) is 0 Å². The molecule has 2 aliphatic carbocycles.